The monoisotopic (exact) mass is 398 g/mol. The molecule has 1 saturated heterocycles. The summed E-state index contributed by atoms with van der Waals surface area (Å²) in [5, 5.41) is 10.2. The fourth-order valence-corrected chi connectivity index (χ4v) is 4.90. The molecule has 1 aliphatic carbocycles. The minimum Gasteiger partial charge on any atom is -0.393 e. The topological polar surface area (TPSA) is 66.6 Å². The summed E-state index contributed by atoms with van der Waals surface area (Å²) >= 11 is 0. The lowest BCUT2D eigenvalue weighted by Gasteiger charge is -2.45. The van der Waals surface area contributed by atoms with Crippen LogP contribution in [0, 0.1) is 11.3 Å². The van der Waals surface area contributed by atoms with Gasteiger partial charge in [0.1, 0.15) is 0 Å². The van der Waals surface area contributed by atoms with Gasteiger partial charge in [-0.15, -0.1) is 0 Å². The van der Waals surface area contributed by atoms with Crippen LogP contribution >= 0.6 is 0 Å². The summed E-state index contributed by atoms with van der Waals surface area (Å²) in [6.07, 6.45) is -2.82. The number of benzene rings is 1. The second-order valence-electron chi connectivity index (χ2n) is 8.59. The number of carbonyl (C=O) groups excluding carboxylic acids is 1. The number of hydrogen-bond acceptors (Lipinski definition) is 3. The van der Waals surface area contributed by atoms with Crippen LogP contribution in [-0.4, -0.2) is 34.6 Å². The van der Waals surface area contributed by atoms with Crippen molar-refractivity contribution in [3.63, 3.8) is 0 Å². The Kier molecular flexibility index (Phi) is 5.79. The summed E-state index contributed by atoms with van der Waals surface area (Å²) in [6.45, 7) is 4.21. The van der Waals surface area contributed by atoms with Crippen LogP contribution in [0.2, 0.25) is 0 Å². The fourth-order valence-electron chi connectivity index (χ4n) is 4.90. The van der Waals surface area contributed by atoms with Gasteiger partial charge >= 0.3 is 6.18 Å². The van der Waals surface area contributed by atoms with E-state index in [4.69, 9.17) is 5.73 Å². The molecule has 4 atom stereocenters. The van der Waals surface area contributed by atoms with Crippen molar-refractivity contribution in [2.75, 3.05) is 6.54 Å². The predicted molar refractivity (Wildman–Crippen MR) is 100 cm³/mol. The largest absolute Gasteiger partial charge is 0.416 e. The number of rotatable bonds is 3. The molecule has 3 N–H and O–H groups in total. The van der Waals surface area contributed by atoms with Crippen molar-refractivity contribution < 1.29 is 23.1 Å². The first-order chi connectivity index (χ1) is 13.1. The van der Waals surface area contributed by atoms with Crippen molar-refractivity contribution in [3.05, 3.63) is 35.4 Å². The van der Waals surface area contributed by atoms with Gasteiger partial charge in [0, 0.05) is 12.6 Å². The summed E-state index contributed by atoms with van der Waals surface area (Å²) in [5.41, 5.74) is 4.78. The molecule has 2 aliphatic rings. The quantitative estimate of drug-likeness (QED) is 0.812. The minimum atomic E-state index is -4.51. The summed E-state index contributed by atoms with van der Waals surface area (Å²) in [4.78, 5) is 15.2. The summed E-state index contributed by atoms with van der Waals surface area (Å²) in [5.74, 6) is -0.0803. The Morgan fingerprint density at radius 3 is 2.54 bits per heavy atom. The van der Waals surface area contributed by atoms with E-state index in [2.05, 4.69) is 0 Å². The average molecular weight is 398 g/mol. The van der Waals surface area contributed by atoms with Crippen LogP contribution < -0.4 is 5.73 Å². The maximum Gasteiger partial charge on any atom is 0.416 e. The first kappa shape index (κ1) is 21.1. The van der Waals surface area contributed by atoms with Gasteiger partial charge in [-0.2, -0.15) is 13.2 Å². The number of nitrogens with two attached hydrogens (primary N) is 1. The number of halogens is 3. The van der Waals surface area contributed by atoms with Crippen LogP contribution in [0.5, 0.6) is 0 Å². The lowest BCUT2D eigenvalue weighted by Crippen LogP contribution is -2.51. The third-order valence-corrected chi connectivity index (χ3v) is 6.58. The lowest BCUT2D eigenvalue weighted by atomic mass is 9.73. The van der Waals surface area contributed by atoms with E-state index < -0.39 is 29.3 Å². The Balaban J connectivity index is 2.02. The first-order valence-corrected chi connectivity index (χ1v) is 9.97. The Bertz CT molecular complexity index is 722. The van der Waals surface area contributed by atoms with Gasteiger partial charge in [-0.1, -0.05) is 32.0 Å². The van der Waals surface area contributed by atoms with Crippen LogP contribution in [0.25, 0.3) is 0 Å². The molecule has 1 aromatic carbocycles. The van der Waals surface area contributed by atoms with Crippen LogP contribution in [0.15, 0.2) is 24.3 Å². The molecule has 156 valence electrons. The van der Waals surface area contributed by atoms with Gasteiger partial charge in [-0.05, 0) is 49.7 Å². The van der Waals surface area contributed by atoms with E-state index in [1.54, 1.807) is 11.0 Å². The molecule has 0 radical (unpaired) electrons. The van der Waals surface area contributed by atoms with Crippen LogP contribution in [0.3, 0.4) is 0 Å². The second-order valence-corrected chi connectivity index (χ2v) is 8.59. The number of piperidine rings is 1. The normalized spacial score (nSPS) is 31.4. The number of aliphatic hydroxyl groups is 1. The standard InChI is InChI=1S/C21H29F3N2O2/c1-13(2)20(9-7-14(25)12-20)19(28)26-10-8-15(27)11-18(26)16-5-3-4-6-17(16)21(22,23)24/h3-6,13-15,18,27H,7-12,25H2,1-2H3/t14-,15?,18?,20+/m1/s1. The SMILES string of the molecule is CC(C)[C@]1(C(=O)N2CCC(O)CC2c2ccccc2C(F)(F)F)CC[C@@H](N)C1. The van der Waals surface area contributed by atoms with Crippen LogP contribution in [-0.2, 0) is 11.0 Å². The molecule has 0 spiro atoms. The minimum absolute atomic E-state index is 0.0407. The third-order valence-electron chi connectivity index (χ3n) is 6.58. The number of carbonyl (C=O) groups is 1. The van der Waals surface area contributed by atoms with Gasteiger partial charge in [-0.3, -0.25) is 4.79 Å². The maximum absolute atomic E-state index is 13.7. The van der Waals surface area contributed by atoms with E-state index >= 15 is 0 Å². The molecule has 2 unspecified atom stereocenters. The predicted octanol–water partition coefficient (Wildman–Crippen LogP) is 3.88. The highest BCUT2D eigenvalue weighted by molar-refractivity contribution is 5.84. The highest BCUT2D eigenvalue weighted by Crippen LogP contribution is 2.48. The zero-order valence-corrected chi connectivity index (χ0v) is 16.4. The van der Waals surface area contributed by atoms with Crippen LogP contribution in [0.4, 0.5) is 13.2 Å². The Labute approximate surface area is 163 Å². The van der Waals surface area contributed by atoms with Gasteiger partial charge in [0.05, 0.1) is 23.1 Å². The molecule has 1 heterocycles. The lowest BCUT2D eigenvalue weighted by molar-refractivity contribution is -0.152. The maximum atomic E-state index is 13.7. The van der Waals surface area contributed by atoms with Gasteiger partial charge in [-0.25, -0.2) is 0 Å². The van der Waals surface area contributed by atoms with Gasteiger partial charge in [0.15, 0.2) is 0 Å². The number of alkyl halides is 3. The van der Waals surface area contributed by atoms with Crippen molar-refractivity contribution in [2.45, 2.75) is 70.3 Å². The van der Waals surface area contributed by atoms with Crippen molar-refractivity contribution >= 4 is 5.91 Å². The first-order valence-electron chi connectivity index (χ1n) is 9.97. The average Bonchev–Trinajstić information content (AvgIpc) is 3.03. The summed E-state index contributed by atoms with van der Waals surface area (Å²) in [6, 6.07) is 4.52. The third kappa shape index (κ3) is 3.79. The second kappa shape index (κ2) is 7.67. The number of likely N-dealkylation sites (tertiary alicyclic amines) is 1. The molecule has 0 bridgehead atoms. The molecule has 0 aromatic heterocycles. The van der Waals surface area contributed by atoms with Gasteiger partial charge in [0.2, 0.25) is 5.91 Å². The van der Waals surface area contributed by atoms with E-state index in [0.717, 1.165) is 12.5 Å². The molecule has 1 aliphatic heterocycles. The fraction of sp³-hybridized carbons (Fsp3) is 0.667. The zero-order chi connectivity index (χ0) is 20.7. The van der Waals surface area contributed by atoms with Crippen LogP contribution in [0.1, 0.15) is 63.1 Å². The summed E-state index contributed by atoms with van der Waals surface area (Å²) in [7, 11) is 0. The van der Waals surface area contributed by atoms with E-state index in [-0.39, 0.29) is 36.4 Å². The number of hydrogen-bond donors (Lipinski definition) is 2. The molecule has 1 saturated carbocycles. The van der Waals surface area contributed by atoms with E-state index in [1.165, 1.54) is 12.1 Å². The zero-order valence-electron chi connectivity index (χ0n) is 16.4. The molecular formula is C21H29F3N2O2. The Hall–Kier alpha value is -1.60. The van der Waals surface area contributed by atoms with Gasteiger partial charge < -0.3 is 15.7 Å². The number of amides is 1. The molecule has 1 amide bonds. The van der Waals surface area contributed by atoms with Crippen molar-refractivity contribution in [2.24, 2.45) is 17.1 Å². The molecule has 4 nitrogen and oxygen atoms in total. The number of nitrogens with zero attached hydrogens (tertiary/aromatic N) is 1. The Morgan fingerprint density at radius 1 is 1.29 bits per heavy atom. The molecule has 2 fully saturated rings. The van der Waals surface area contributed by atoms with Crippen molar-refractivity contribution in [3.8, 4) is 0 Å². The molecule has 28 heavy (non-hydrogen) atoms. The van der Waals surface area contributed by atoms with E-state index in [0.29, 0.717) is 19.3 Å². The summed E-state index contributed by atoms with van der Waals surface area (Å²) < 4.78 is 40.8. The Morgan fingerprint density at radius 2 is 1.96 bits per heavy atom. The van der Waals surface area contributed by atoms with E-state index in [1.807, 2.05) is 13.8 Å². The highest BCUT2D eigenvalue weighted by Gasteiger charge is 2.51. The number of aliphatic hydroxyl groups excluding tert-OH is 1. The molecule has 7 heteroatoms. The van der Waals surface area contributed by atoms with Crippen molar-refractivity contribution in [1.29, 1.82) is 0 Å². The molecule has 3 rings (SSSR count). The van der Waals surface area contributed by atoms with E-state index in [9.17, 15) is 23.1 Å². The molecule has 1 aromatic rings. The highest BCUT2D eigenvalue weighted by atomic mass is 19.4. The smallest absolute Gasteiger partial charge is 0.393 e. The van der Waals surface area contributed by atoms with Crippen molar-refractivity contribution in [1.82, 2.24) is 4.90 Å². The van der Waals surface area contributed by atoms with Gasteiger partial charge in [0.25, 0.3) is 0 Å². The molecular weight excluding hydrogens is 369 g/mol.